The van der Waals surface area contributed by atoms with Gasteiger partial charge in [-0.3, -0.25) is 0 Å². The largest absolute Gasteiger partial charge is 0.361 e. The van der Waals surface area contributed by atoms with Crippen LogP contribution in [0.2, 0.25) is 0 Å². The Morgan fingerprint density at radius 2 is 1.95 bits per heavy atom. The molecular weight excluding hydrogens is 244 g/mol. The molecule has 2 aromatic carbocycles. The molecule has 3 rings (SSSR count). The summed E-state index contributed by atoms with van der Waals surface area (Å²) in [4.78, 5) is 3.34. The highest BCUT2D eigenvalue weighted by molar-refractivity contribution is 5.83. The predicted octanol–water partition coefficient (Wildman–Crippen LogP) is 3.82. The highest BCUT2D eigenvalue weighted by atomic mass is 14.7. The van der Waals surface area contributed by atoms with Crippen LogP contribution in [0.3, 0.4) is 0 Å². The van der Waals surface area contributed by atoms with E-state index in [1.54, 1.807) is 0 Å². The van der Waals surface area contributed by atoms with E-state index in [0.717, 1.165) is 6.42 Å². The Morgan fingerprint density at radius 3 is 2.80 bits per heavy atom. The number of benzene rings is 2. The second kappa shape index (κ2) is 5.51. The predicted molar refractivity (Wildman–Crippen MR) is 85.0 cm³/mol. The smallest absolute Gasteiger partial charge is 0.0456 e. The van der Waals surface area contributed by atoms with Crippen LogP contribution in [0.4, 0.5) is 0 Å². The summed E-state index contributed by atoms with van der Waals surface area (Å²) < 4.78 is 0. The number of nitrogens with two attached hydrogens (primary N) is 1. The van der Waals surface area contributed by atoms with Gasteiger partial charge in [-0.15, -0.1) is 0 Å². The summed E-state index contributed by atoms with van der Waals surface area (Å²) in [7, 11) is 0. The summed E-state index contributed by atoms with van der Waals surface area (Å²) in [5.41, 5.74) is 11.0. The van der Waals surface area contributed by atoms with Crippen molar-refractivity contribution in [3.8, 4) is 0 Å². The maximum Gasteiger partial charge on any atom is 0.0456 e. The molecule has 2 heteroatoms. The highest BCUT2D eigenvalue weighted by Crippen LogP contribution is 2.22. The van der Waals surface area contributed by atoms with Crippen molar-refractivity contribution in [2.45, 2.75) is 19.3 Å². The fourth-order valence-corrected chi connectivity index (χ4v) is 2.64. The lowest BCUT2D eigenvalue weighted by Crippen LogP contribution is -2.09. The van der Waals surface area contributed by atoms with Crippen LogP contribution >= 0.6 is 0 Å². The van der Waals surface area contributed by atoms with Gasteiger partial charge < -0.3 is 10.7 Å². The molecule has 1 heterocycles. The fraction of sp³-hybridized carbons (Fsp3) is 0.222. The van der Waals surface area contributed by atoms with Gasteiger partial charge in [-0.25, -0.2) is 0 Å². The summed E-state index contributed by atoms with van der Waals surface area (Å²) in [5.74, 6) is 0.415. The van der Waals surface area contributed by atoms with E-state index < -0.39 is 0 Å². The number of nitrogens with one attached hydrogen (secondary N) is 1. The number of aromatic nitrogens is 1. The number of hydrogen-bond donors (Lipinski definition) is 2. The van der Waals surface area contributed by atoms with E-state index in [0.29, 0.717) is 12.5 Å². The third-order valence-electron chi connectivity index (χ3n) is 3.94. The van der Waals surface area contributed by atoms with Crippen LogP contribution in [0.5, 0.6) is 0 Å². The Hall–Kier alpha value is -2.06. The first-order valence-electron chi connectivity index (χ1n) is 7.12. The molecule has 3 N–H and O–H groups in total. The maximum atomic E-state index is 5.76. The van der Waals surface area contributed by atoms with E-state index in [-0.39, 0.29) is 0 Å². The van der Waals surface area contributed by atoms with Gasteiger partial charge in [0.15, 0.2) is 0 Å². The van der Waals surface area contributed by atoms with Gasteiger partial charge in [-0.1, -0.05) is 49.4 Å². The summed E-state index contributed by atoms with van der Waals surface area (Å²) in [6.07, 6.45) is 3.07. The first-order chi connectivity index (χ1) is 9.78. The molecule has 0 aliphatic rings. The monoisotopic (exact) mass is 264 g/mol. The Labute approximate surface area is 119 Å². The molecule has 0 saturated heterocycles. The van der Waals surface area contributed by atoms with Crippen LogP contribution < -0.4 is 5.73 Å². The SMILES string of the molecule is CC(CN)c1cccc(Cc2c[nH]c3ccccc23)c1. The van der Waals surface area contributed by atoms with Crippen molar-refractivity contribution in [3.05, 3.63) is 71.4 Å². The molecular formula is C18H20N2. The number of para-hydroxylation sites is 1. The third kappa shape index (κ3) is 2.47. The molecule has 0 fully saturated rings. The van der Waals surface area contributed by atoms with Crippen molar-refractivity contribution >= 4 is 10.9 Å². The molecule has 0 spiro atoms. The lowest BCUT2D eigenvalue weighted by Gasteiger charge is -2.10. The minimum Gasteiger partial charge on any atom is -0.361 e. The van der Waals surface area contributed by atoms with Crippen molar-refractivity contribution in [2.75, 3.05) is 6.54 Å². The van der Waals surface area contributed by atoms with E-state index in [1.165, 1.54) is 27.6 Å². The summed E-state index contributed by atoms with van der Waals surface area (Å²) in [5, 5.41) is 1.31. The average Bonchev–Trinajstić information content (AvgIpc) is 2.90. The van der Waals surface area contributed by atoms with Gasteiger partial charge in [-0.05, 0) is 41.6 Å². The van der Waals surface area contributed by atoms with Crippen LogP contribution in [0.1, 0.15) is 29.5 Å². The molecule has 0 aliphatic heterocycles. The van der Waals surface area contributed by atoms with E-state index in [4.69, 9.17) is 5.73 Å². The van der Waals surface area contributed by atoms with Crippen molar-refractivity contribution in [2.24, 2.45) is 5.73 Å². The summed E-state index contributed by atoms with van der Waals surface area (Å²) in [6.45, 7) is 2.86. The van der Waals surface area contributed by atoms with Crippen molar-refractivity contribution < 1.29 is 0 Å². The van der Waals surface area contributed by atoms with Gasteiger partial charge in [0.1, 0.15) is 0 Å². The number of H-pyrrole nitrogens is 1. The summed E-state index contributed by atoms with van der Waals surface area (Å²) in [6, 6.07) is 17.2. The highest BCUT2D eigenvalue weighted by Gasteiger charge is 2.07. The zero-order valence-electron chi connectivity index (χ0n) is 11.8. The fourth-order valence-electron chi connectivity index (χ4n) is 2.64. The molecule has 1 aromatic heterocycles. The van der Waals surface area contributed by atoms with Crippen molar-refractivity contribution in [1.29, 1.82) is 0 Å². The normalized spacial score (nSPS) is 12.7. The second-order valence-corrected chi connectivity index (χ2v) is 5.42. The van der Waals surface area contributed by atoms with Crippen molar-refractivity contribution in [3.63, 3.8) is 0 Å². The number of hydrogen-bond acceptors (Lipinski definition) is 1. The van der Waals surface area contributed by atoms with E-state index in [2.05, 4.69) is 66.6 Å². The Morgan fingerprint density at radius 1 is 1.10 bits per heavy atom. The number of fused-ring (bicyclic) bond motifs is 1. The van der Waals surface area contributed by atoms with Gasteiger partial charge >= 0.3 is 0 Å². The number of aromatic amines is 1. The molecule has 0 bridgehead atoms. The molecule has 0 radical (unpaired) electrons. The van der Waals surface area contributed by atoms with E-state index >= 15 is 0 Å². The van der Waals surface area contributed by atoms with Crippen LogP contribution in [0.25, 0.3) is 10.9 Å². The lowest BCUT2D eigenvalue weighted by atomic mass is 9.96. The van der Waals surface area contributed by atoms with Gasteiger partial charge in [0, 0.05) is 17.1 Å². The second-order valence-electron chi connectivity index (χ2n) is 5.42. The molecule has 0 amide bonds. The first-order valence-corrected chi connectivity index (χ1v) is 7.12. The van der Waals surface area contributed by atoms with Crippen LogP contribution in [-0.2, 0) is 6.42 Å². The topological polar surface area (TPSA) is 41.8 Å². The lowest BCUT2D eigenvalue weighted by molar-refractivity contribution is 0.772. The zero-order chi connectivity index (χ0) is 13.9. The average molecular weight is 264 g/mol. The van der Waals surface area contributed by atoms with Crippen LogP contribution in [0.15, 0.2) is 54.7 Å². The molecule has 1 atom stereocenters. The standard InChI is InChI=1S/C18H20N2/c1-13(11-19)15-6-4-5-14(9-15)10-16-12-20-18-8-3-2-7-17(16)18/h2-9,12-13,20H,10-11,19H2,1H3. The molecule has 0 aliphatic carbocycles. The Kier molecular flexibility index (Phi) is 3.57. The van der Waals surface area contributed by atoms with Crippen LogP contribution in [0, 0.1) is 0 Å². The van der Waals surface area contributed by atoms with E-state index in [1.807, 2.05) is 0 Å². The van der Waals surface area contributed by atoms with Crippen LogP contribution in [-0.4, -0.2) is 11.5 Å². The Balaban J connectivity index is 1.91. The van der Waals surface area contributed by atoms with E-state index in [9.17, 15) is 0 Å². The zero-order valence-corrected chi connectivity index (χ0v) is 11.8. The number of rotatable bonds is 4. The molecule has 102 valence electrons. The van der Waals surface area contributed by atoms with Crippen molar-refractivity contribution in [1.82, 2.24) is 4.98 Å². The molecule has 20 heavy (non-hydrogen) atoms. The molecule has 2 nitrogen and oxygen atoms in total. The molecule has 0 saturated carbocycles. The maximum absolute atomic E-state index is 5.76. The molecule has 3 aromatic rings. The first kappa shape index (κ1) is 12.9. The minimum absolute atomic E-state index is 0.415. The minimum atomic E-state index is 0.415. The molecule has 1 unspecified atom stereocenters. The Bertz CT molecular complexity index is 712. The summed E-state index contributed by atoms with van der Waals surface area (Å²) >= 11 is 0. The quantitative estimate of drug-likeness (QED) is 0.739. The van der Waals surface area contributed by atoms with Gasteiger partial charge in [0.2, 0.25) is 0 Å². The third-order valence-corrected chi connectivity index (χ3v) is 3.94. The van der Waals surface area contributed by atoms with Gasteiger partial charge in [-0.2, -0.15) is 0 Å². The van der Waals surface area contributed by atoms with Gasteiger partial charge in [0.05, 0.1) is 0 Å². The van der Waals surface area contributed by atoms with Gasteiger partial charge in [0.25, 0.3) is 0 Å².